The molecule has 10 aliphatic rings. The van der Waals surface area contributed by atoms with Crippen LogP contribution in [0.5, 0.6) is 0 Å². The van der Waals surface area contributed by atoms with Crippen molar-refractivity contribution < 1.29 is 39.6 Å². The van der Waals surface area contributed by atoms with Crippen molar-refractivity contribution in [2.45, 2.75) is 224 Å². The molecule has 0 bridgehead atoms. The Morgan fingerprint density at radius 2 is 0.824 bits per heavy atom. The lowest BCUT2D eigenvalue weighted by atomic mass is 9.30. The number of aliphatic hydroxyl groups excluding tert-OH is 2. The average Bonchev–Trinajstić information content (AvgIpc) is 3.25. The monoisotopic (exact) mass is 939 g/mol. The fraction of sp³-hybridized carbons (Fsp3) is 0.867. The molecule has 0 saturated heterocycles. The maximum atomic E-state index is 14.6. The molecule has 4 N–H and O–H groups in total. The summed E-state index contributed by atoms with van der Waals surface area (Å²) in [5.41, 5.74) is -4.30. The van der Waals surface area contributed by atoms with Gasteiger partial charge in [0.1, 0.15) is 11.6 Å². The molecule has 0 amide bonds. The molecule has 0 aromatic heterocycles. The third-order valence-electron chi connectivity index (χ3n) is 26.0. The van der Waals surface area contributed by atoms with E-state index in [1.807, 2.05) is 0 Å². The molecule has 10 aliphatic carbocycles. The highest BCUT2D eigenvalue weighted by Gasteiger charge is 2.78. The first-order chi connectivity index (χ1) is 31.3. The van der Waals surface area contributed by atoms with Crippen LogP contribution in [0.15, 0.2) is 23.3 Å². The Labute approximate surface area is 409 Å². The first kappa shape index (κ1) is 49.3. The van der Waals surface area contributed by atoms with Crippen LogP contribution >= 0.6 is 0 Å². The number of carbonyl (C=O) groups is 4. The molecule has 16 atom stereocenters. The maximum absolute atomic E-state index is 14.6. The zero-order valence-electron chi connectivity index (χ0n) is 44.3. The van der Waals surface area contributed by atoms with E-state index in [0.717, 1.165) is 75.4 Å². The number of carboxylic acids is 2. The van der Waals surface area contributed by atoms with Crippen LogP contribution in [0.2, 0.25) is 0 Å². The van der Waals surface area contributed by atoms with E-state index in [2.05, 4.69) is 95.2 Å². The molecule has 0 heterocycles. The van der Waals surface area contributed by atoms with Gasteiger partial charge in [-0.25, -0.2) is 0 Å². The molecule has 0 aliphatic heterocycles. The van der Waals surface area contributed by atoms with Gasteiger partial charge in [0.05, 0.1) is 23.0 Å². The normalized spacial score (nSPS) is 50.3. The van der Waals surface area contributed by atoms with E-state index < -0.39 is 67.5 Å². The van der Waals surface area contributed by atoms with Crippen LogP contribution in [0.1, 0.15) is 212 Å². The van der Waals surface area contributed by atoms with Gasteiger partial charge < -0.3 is 20.4 Å². The lowest BCUT2D eigenvalue weighted by molar-refractivity contribution is -0.259. The quantitative estimate of drug-likeness (QED) is 0.199. The van der Waals surface area contributed by atoms with E-state index in [1.54, 1.807) is 0 Å². The Morgan fingerprint density at radius 1 is 0.485 bits per heavy atom. The van der Waals surface area contributed by atoms with E-state index in [1.165, 1.54) is 0 Å². The summed E-state index contributed by atoms with van der Waals surface area (Å²) < 4.78 is 0. The molecule has 8 fully saturated rings. The van der Waals surface area contributed by atoms with Gasteiger partial charge in [-0.3, -0.25) is 19.2 Å². The van der Waals surface area contributed by atoms with Crippen LogP contribution in [-0.4, -0.2) is 56.1 Å². The van der Waals surface area contributed by atoms with Crippen LogP contribution in [0.25, 0.3) is 0 Å². The van der Waals surface area contributed by atoms with E-state index in [9.17, 15) is 39.6 Å². The second-order valence-corrected chi connectivity index (χ2v) is 29.8. The third-order valence-corrected chi connectivity index (χ3v) is 26.0. The van der Waals surface area contributed by atoms with Gasteiger partial charge in [0.2, 0.25) is 0 Å². The Kier molecular flexibility index (Phi) is 10.6. The van der Waals surface area contributed by atoms with Gasteiger partial charge in [0, 0.05) is 34.5 Å². The Bertz CT molecular complexity index is 2110. The number of carboxylic acid groups (broad SMARTS) is 2. The largest absolute Gasteiger partial charge is 0.481 e. The summed E-state index contributed by atoms with van der Waals surface area (Å²) in [6.07, 6.45) is 15.8. The van der Waals surface area contributed by atoms with Crippen LogP contribution in [0.4, 0.5) is 0 Å². The number of aliphatic carboxylic acids is 2. The summed E-state index contributed by atoms with van der Waals surface area (Å²) in [6.45, 7) is 27.4. The minimum Gasteiger partial charge on any atom is -0.481 e. The van der Waals surface area contributed by atoms with Gasteiger partial charge in [0.25, 0.3) is 0 Å². The molecule has 8 heteroatoms. The summed E-state index contributed by atoms with van der Waals surface area (Å²) in [5.74, 6) is -0.847. The maximum Gasteiger partial charge on any atom is 0.310 e. The molecule has 10 rings (SSSR count). The summed E-state index contributed by atoms with van der Waals surface area (Å²) in [4.78, 5) is 55.5. The second-order valence-electron chi connectivity index (χ2n) is 29.8. The van der Waals surface area contributed by atoms with Crippen molar-refractivity contribution in [3.05, 3.63) is 23.3 Å². The number of ketones is 2. The van der Waals surface area contributed by atoms with E-state index in [0.29, 0.717) is 75.8 Å². The molecule has 2 unspecified atom stereocenters. The van der Waals surface area contributed by atoms with Crippen molar-refractivity contribution in [2.24, 2.45) is 100 Å². The SMILES string of the molecule is CC1(C)CC[C@]2(C(=O)O)CC[C@]3(C(O)C(O)[C@@]45CC[C@@]6(C(=O)O)CCC(C)(C)C[C@H]6C4=CC[C@@H]4[C@@]6(C)CCC(=O)C(C)(C)[C@@H]6CC[C@]45C)C(=CC[C@@H]4[C@@]5(C)CCC(=O)C(C)(C)[C@@H]5CC[C@]43C)[C@@H]2C1. The second kappa shape index (κ2) is 14.7. The van der Waals surface area contributed by atoms with Crippen molar-refractivity contribution in [1.82, 2.24) is 0 Å². The average molecular weight is 939 g/mol. The van der Waals surface area contributed by atoms with Crippen molar-refractivity contribution in [1.29, 1.82) is 0 Å². The summed E-state index contributed by atoms with van der Waals surface area (Å²) >= 11 is 0. The van der Waals surface area contributed by atoms with Gasteiger partial charge in [-0.15, -0.1) is 0 Å². The Hall–Kier alpha value is -2.32. The molecular weight excluding hydrogens is 849 g/mol. The molecule has 378 valence electrons. The number of hydrogen-bond acceptors (Lipinski definition) is 6. The summed E-state index contributed by atoms with van der Waals surface area (Å²) in [7, 11) is 0. The fourth-order valence-corrected chi connectivity index (χ4v) is 22.1. The lowest BCUT2D eigenvalue weighted by Crippen LogP contribution is -2.73. The highest BCUT2D eigenvalue weighted by Crippen LogP contribution is 2.81. The molecule has 68 heavy (non-hydrogen) atoms. The minimum absolute atomic E-state index is 0.101. The number of rotatable bonds is 5. The third kappa shape index (κ3) is 5.80. The van der Waals surface area contributed by atoms with Crippen molar-refractivity contribution in [2.75, 3.05) is 0 Å². The van der Waals surface area contributed by atoms with Crippen LogP contribution < -0.4 is 0 Å². The lowest BCUT2D eigenvalue weighted by Gasteiger charge is -2.74. The van der Waals surface area contributed by atoms with Crippen LogP contribution in [-0.2, 0) is 19.2 Å². The molecule has 0 aromatic carbocycles. The summed E-state index contributed by atoms with van der Waals surface area (Å²) in [5, 5.41) is 52.1. The summed E-state index contributed by atoms with van der Waals surface area (Å²) in [6, 6.07) is 0. The van der Waals surface area contributed by atoms with Crippen LogP contribution in [0.3, 0.4) is 0 Å². The van der Waals surface area contributed by atoms with Crippen molar-refractivity contribution in [3.8, 4) is 0 Å². The predicted molar refractivity (Wildman–Crippen MR) is 264 cm³/mol. The Balaban J connectivity index is 1.20. The molecule has 8 saturated carbocycles. The fourth-order valence-electron chi connectivity index (χ4n) is 22.1. The molecule has 0 spiro atoms. The smallest absolute Gasteiger partial charge is 0.310 e. The standard InChI is InChI=1S/C60H90O8/c1-49(2)25-27-57(47(65)66)29-31-59(35(37(57)33-49)13-15-41-53(9)21-19-43(61)51(5,6)39(53)17-23-55(41,59)11)45(63)46(64)60-32-30-58(48(67)68)28-26-50(3,4)34-38(58)36(60)14-16-42-54(10)22-20-44(62)52(7,8)40(54)18-24-56(42,60)12/h13-14,37-42,45-46,63-64H,15-34H2,1-12H3,(H,65,66)(H,67,68)/t37-,38-,39-,40-,41+,42+,45?,46?,53-,54-,55+,56+,57-,58-,59+,60+/m0/s1. The highest BCUT2D eigenvalue weighted by molar-refractivity contribution is 5.86. The van der Waals surface area contributed by atoms with E-state index in [-0.39, 0.29) is 57.2 Å². The number of carbonyl (C=O) groups excluding carboxylic acids is 2. The zero-order chi connectivity index (χ0) is 49.6. The van der Waals surface area contributed by atoms with Gasteiger partial charge in [0.15, 0.2) is 0 Å². The molecule has 8 nitrogen and oxygen atoms in total. The zero-order valence-corrected chi connectivity index (χ0v) is 44.3. The molecule has 0 radical (unpaired) electrons. The minimum atomic E-state index is -1.25. The van der Waals surface area contributed by atoms with Gasteiger partial charge in [-0.05, 0) is 184 Å². The van der Waals surface area contributed by atoms with Crippen molar-refractivity contribution >= 4 is 23.5 Å². The number of aliphatic hydroxyl groups is 2. The number of hydrogen-bond donors (Lipinski definition) is 4. The Morgan fingerprint density at radius 3 is 1.16 bits per heavy atom. The molecule has 0 aromatic rings. The number of fused-ring (bicyclic) bond motifs is 14. The van der Waals surface area contributed by atoms with Gasteiger partial charge >= 0.3 is 11.9 Å². The highest BCUT2D eigenvalue weighted by atomic mass is 16.4. The predicted octanol–water partition coefficient (Wildman–Crippen LogP) is 12.6. The first-order valence-electron chi connectivity index (χ1n) is 27.7. The van der Waals surface area contributed by atoms with Gasteiger partial charge in [-0.2, -0.15) is 0 Å². The van der Waals surface area contributed by atoms with E-state index in [4.69, 9.17) is 0 Å². The van der Waals surface area contributed by atoms with Crippen LogP contribution in [0, 0.1) is 100 Å². The van der Waals surface area contributed by atoms with Gasteiger partial charge in [-0.1, -0.05) is 106 Å². The topological polar surface area (TPSA) is 149 Å². The van der Waals surface area contributed by atoms with E-state index >= 15 is 0 Å². The molecular formula is C60H90O8. The number of allylic oxidation sites excluding steroid dienone is 2. The number of Topliss-reactive ketones (excluding diaryl/α,β-unsaturated/α-hetero) is 2. The van der Waals surface area contributed by atoms with Crippen molar-refractivity contribution in [3.63, 3.8) is 0 Å². The first-order valence-corrected chi connectivity index (χ1v) is 27.7.